The molecule has 0 aliphatic carbocycles. The van der Waals surface area contributed by atoms with E-state index in [0.717, 1.165) is 6.54 Å². The zero-order valence-corrected chi connectivity index (χ0v) is 14.7. The summed E-state index contributed by atoms with van der Waals surface area (Å²) in [5, 5.41) is 3.31. The van der Waals surface area contributed by atoms with Crippen LogP contribution in [-0.4, -0.2) is 54.3 Å². The van der Waals surface area contributed by atoms with Crippen molar-refractivity contribution in [1.82, 2.24) is 15.1 Å². The van der Waals surface area contributed by atoms with Crippen molar-refractivity contribution in [2.24, 2.45) is 0 Å². The van der Waals surface area contributed by atoms with Crippen molar-refractivity contribution in [1.29, 1.82) is 0 Å². The van der Waals surface area contributed by atoms with Gasteiger partial charge in [-0.3, -0.25) is 9.59 Å². The highest BCUT2D eigenvalue weighted by Gasteiger charge is 2.21. The molecule has 1 aromatic rings. The molecular weight excluding hydrogens is 314 g/mol. The largest absolute Gasteiger partial charge is 0.339 e. The fraction of sp³-hybridized carbons (Fsp3) is 0.529. The van der Waals surface area contributed by atoms with Crippen LogP contribution in [0.1, 0.15) is 24.5 Å². The number of piperazine rings is 1. The first-order valence-electron chi connectivity index (χ1n) is 7.86. The molecule has 1 N–H and O–H groups in total. The molecule has 128 valence electrons. The van der Waals surface area contributed by atoms with Crippen LogP contribution in [0, 0.1) is 6.92 Å². The van der Waals surface area contributed by atoms with E-state index in [1.54, 1.807) is 11.8 Å². The van der Waals surface area contributed by atoms with E-state index >= 15 is 0 Å². The fourth-order valence-electron chi connectivity index (χ4n) is 2.56. The molecule has 0 atom stereocenters. The molecule has 1 saturated heterocycles. The monoisotopic (exact) mass is 339 g/mol. The number of carbonyl (C=O) groups is 2. The summed E-state index contributed by atoms with van der Waals surface area (Å²) >= 11 is 0. The number of aryl methyl sites for hydroxylation is 1. The lowest BCUT2D eigenvalue weighted by molar-refractivity contribution is -0.138. The van der Waals surface area contributed by atoms with Crippen molar-refractivity contribution in [2.75, 3.05) is 32.7 Å². The minimum absolute atomic E-state index is 0. The lowest BCUT2D eigenvalue weighted by atomic mass is 10.1. The topological polar surface area (TPSA) is 52.7 Å². The summed E-state index contributed by atoms with van der Waals surface area (Å²) in [6.07, 6.45) is 0.506. The predicted molar refractivity (Wildman–Crippen MR) is 93.6 cm³/mol. The third kappa shape index (κ3) is 6.20. The summed E-state index contributed by atoms with van der Waals surface area (Å²) in [5.74, 6) is 0.256. The van der Waals surface area contributed by atoms with Crippen LogP contribution in [0.2, 0.25) is 0 Å². The van der Waals surface area contributed by atoms with E-state index in [1.807, 2.05) is 4.90 Å². The molecule has 1 aliphatic rings. The summed E-state index contributed by atoms with van der Waals surface area (Å²) in [6, 6.07) is 8.39. The Morgan fingerprint density at radius 2 is 1.61 bits per heavy atom. The van der Waals surface area contributed by atoms with E-state index in [0.29, 0.717) is 39.1 Å². The van der Waals surface area contributed by atoms with E-state index in [-0.39, 0.29) is 24.2 Å². The van der Waals surface area contributed by atoms with Gasteiger partial charge in [-0.1, -0.05) is 29.8 Å². The SMILES string of the molecule is CC(=O)N1CCN(C(=O)CCNCc2ccc(C)cc2)CC1.Cl. The van der Waals surface area contributed by atoms with Gasteiger partial charge in [-0.2, -0.15) is 0 Å². The predicted octanol–water partition coefficient (Wildman–Crippen LogP) is 1.59. The molecular formula is C17H26ClN3O2. The zero-order valence-electron chi connectivity index (χ0n) is 13.9. The van der Waals surface area contributed by atoms with Gasteiger partial charge >= 0.3 is 0 Å². The van der Waals surface area contributed by atoms with Crippen molar-refractivity contribution >= 4 is 24.2 Å². The van der Waals surface area contributed by atoms with E-state index in [1.165, 1.54) is 11.1 Å². The third-order valence-electron chi connectivity index (χ3n) is 4.04. The average molecular weight is 340 g/mol. The highest BCUT2D eigenvalue weighted by Crippen LogP contribution is 2.05. The van der Waals surface area contributed by atoms with Crippen LogP contribution in [0.4, 0.5) is 0 Å². The Bertz CT molecular complexity index is 511. The Morgan fingerprint density at radius 3 is 2.17 bits per heavy atom. The molecule has 0 unspecified atom stereocenters. The molecule has 0 aromatic heterocycles. The summed E-state index contributed by atoms with van der Waals surface area (Å²) in [5.41, 5.74) is 2.48. The Morgan fingerprint density at radius 1 is 1.04 bits per heavy atom. The lowest BCUT2D eigenvalue weighted by Gasteiger charge is -2.34. The molecule has 23 heavy (non-hydrogen) atoms. The molecule has 1 aromatic carbocycles. The molecule has 5 nitrogen and oxygen atoms in total. The number of hydrogen-bond acceptors (Lipinski definition) is 3. The average Bonchev–Trinajstić information content (AvgIpc) is 2.53. The number of benzene rings is 1. The van der Waals surface area contributed by atoms with Crippen molar-refractivity contribution < 1.29 is 9.59 Å². The Balaban J connectivity index is 0.00000264. The molecule has 1 heterocycles. The molecule has 0 saturated carbocycles. The number of hydrogen-bond donors (Lipinski definition) is 1. The van der Waals surface area contributed by atoms with Gasteiger partial charge < -0.3 is 15.1 Å². The highest BCUT2D eigenvalue weighted by atomic mass is 35.5. The van der Waals surface area contributed by atoms with Gasteiger partial charge in [0.05, 0.1) is 0 Å². The smallest absolute Gasteiger partial charge is 0.223 e. The normalized spacial score (nSPS) is 14.3. The van der Waals surface area contributed by atoms with Crippen LogP contribution < -0.4 is 5.32 Å². The minimum atomic E-state index is 0. The number of rotatable bonds is 5. The molecule has 0 bridgehead atoms. The number of nitrogens with one attached hydrogen (secondary N) is 1. The van der Waals surface area contributed by atoms with Crippen molar-refractivity contribution in [3.05, 3.63) is 35.4 Å². The first-order chi connectivity index (χ1) is 10.6. The van der Waals surface area contributed by atoms with E-state index in [9.17, 15) is 9.59 Å². The summed E-state index contributed by atoms with van der Waals surface area (Å²) in [6.45, 7) is 7.71. The number of carbonyl (C=O) groups excluding carboxylic acids is 2. The highest BCUT2D eigenvalue weighted by molar-refractivity contribution is 5.85. The first-order valence-corrected chi connectivity index (χ1v) is 7.86. The van der Waals surface area contributed by atoms with Gasteiger partial charge in [-0.15, -0.1) is 12.4 Å². The standard InChI is InChI=1S/C17H25N3O2.ClH/c1-14-3-5-16(6-4-14)13-18-8-7-17(22)20-11-9-19(10-12-20)15(2)21;/h3-6,18H,7-13H2,1-2H3;1H. The fourth-order valence-corrected chi connectivity index (χ4v) is 2.56. The van der Waals surface area contributed by atoms with Crippen LogP contribution in [-0.2, 0) is 16.1 Å². The van der Waals surface area contributed by atoms with Gasteiger partial charge in [0.1, 0.15) is 0 Å². The van der Waals surface area contributed by atoms with E-state index in [2.05, 4.69) is 36.5 Å². The second kappa shape index (κ2) is 9.53. The third-order valence-corrected chi connectivity index (χ3v) is 4.04. The van der Waals surface area contributed by atoms with Gasteiger partial charge in [-0.25, -0.2) is 0 Å². The molecule has 1 aliphatic heterocycles. The summed E-state index contributed by atoms with van der Waals surface area (Å²) in [4.78, 5) is 27.0. The second-order valence-corrected chi connectivity index (χ2v) is 5.80. The molecule has 0 radical (unpaired) electrons. The van der Waals surface area contributed by atoms with Gasteiger partial charge in [-0.05, 0) is 12.5 Å². The van der Waals surface area contributed by atoms with E-state index in [4.69, 9.17) is 0 Å². The van der Waals surface area contributed by atoms with Crippen molar-refractivity contribution in [3.63, 3.8) is 0 Å². The van der Waals surface area contributed by atoms with Gasteiger partial charge in [0.25, 0.3) is 0 Å². The maximum atomic E-state index is 12.1. The molecule has 1 fully saturated rings. The number of nitrogens with zero attached hydrogens (tertiary/aromatic N) is 2. The van der Waals surface area contributed by atoms with E-state index < -0.39 is 0 Å². The lowest BCUT2D eigenvalue weighted by Crippen LogP contribution is -2.50. The number of amides is 2. The van der Waals surface area contributed by atoms with Crippen LogP contribution in [0.15, 0.2) is 24.3 Å². The number of halogens is 1. The first kappa shape index (κ1) is 19.5. The Labute approximate surface area is 144 Å². The zero-order chi connectivity index (χ0) is 15.9. The molecule has 2 amide bonds. The van der Waals surface area contributed by atoms with Crippen LogP contribution in [0.25, 0.3) is 0 Å². The van der Waals surface area contributed by atoms with Gasteiger partial charge in [0.15, 0.2) is 0 Å². The van der Waals surface area contributed by atoms with Crippen LogP contribution in [0.3, 0.4) is 0 Å². The van der Waals surface area contributed by atoms with Crippen molar-refractivity contribution in [2.45, 2.75) is 26.8 Å². The Kier molecular flexibility index (Phi) is 8.06. The van der Waals surface area contributed by atoms with Crippen molar-refractivity contribution in [3.8, 4) is 0 Å². The summed E-state index contributed by atoms with van der Waals surface area (Å²) < 4.78 is 0. The Hall–Kier alpha value is -1.59. The maximum Gasteiger partial charge on any atom is 0.223 e. The summed E-state index contributed by atoms with van der Waals surface area (Å²) in [7, 11) is 0. The maximum absolute atomic E-state index is 12.1. The quantitative estimate of drug-likeness (QED) is 0.829. The van der Waals surface area contributed by atoms with Crippen LogP contribution in [0.5, 0.6) is 0 Å². The van der Waals surface area contributed by atoms with Crippen LogP contribution >= 0.6 is 12.4 Å². The second-order valence-electron chi connectivity index (χ2n) is 5.80. The van der Waals surface area contributed by atoms with Gasteiger partial charge in [0.2, 0.25) is 11.8 Å². The molecule has 0 spiro atoms. The molecule has 2 rings (SSSR count). The van der Waals surface area contributed by atoms with Gasteiger partial charge in [0, 0.05) is 52.6 Å². The molecule has 6 heteroatoms. The minimum Gasteiger partial charge on any atom is -0.339 e.